The number of hydrogen-bond acceptors (Lipinski definition) is 5. The number of carbonyl (C=O) groups excluding carboxylic acids is 2. The number of aryl methyl sites for hydroxylation is 1. The molecule has 0 atom stereocenters. The molecule has 0 aliphatic carbocycles. The van der Waals surface area contributed by atoms with Gasteiger partial charge in [0.1, 0.15) is 5.75 Å². The van der Waals surface area contributed by atoms with E-state index in [4.69, 9.17) is 9.47 Å². The third kappa shape index (κ3) is 4.36. The van der Waals surface area contributed by atoms with E-state index in [-0.39, 0.29) is 12.3 Å². The van der Waals surface area contributed by atoms with Gasteiger partial charge in [0.2, 0.25) is 11.8 Å². The number of benzene rings is 1. The highest BCUT2D eigenvalue weighted by Gasteiger charge is 2.16. The summed E-state index contributed by atoms with van der Waals surface area (Å²) in [6, 6.07) is 7.02. The summed E-state index contributed by atoms with van der Waals surface area (Å²) >= 11 is 3.33. The van der Waals surface area contributed by atoms with E-state index < -0.39 is 5.97 Å². The number of anilines is 1. The van der Waals surface area contributed by atoms with Gasteiger partial charge in [0, 0.05) is 28.3 Å². The number of pyridine rings is 1. The summed E-state index contributed by atoms with van der Waals surface area (Å²) in [4.78, 5) is 28.0. The lowest BCUT2D eigenvalue weighted by molar-refractivity contribution is -0.133. The van der Waals surface area contributed by atoms with Crippen LogP contribution in [0.2, 0.25) is 0 Å². The fraction of sp³-hybridized carbons (Fsp3) is 0.278. The van der Waals surface area contributed by atoms with Crippen molar-refractivity contribution in [1.82, 2.24) is 4.98 Å². The van der Waals surface area contributed by atoms with Crippen LogP contribution in [-0.4, -0.2) is 24.0 Å². The van der Waals surface area contributed by atoms with E-state index in [0.717, 1.165) is 28.6 Å². The molecule has 1 aromatic heterocycles. The van der Waals surface area contributed by atoms with E-state index in [9.17, 15) is 9.59 Å². The van der Waals surface area contributed by atoms with Crippen molar-refractivity contribution in [2.24, 2.45) is 0 Å². The van der Waals surface area contributed by atoms with Crippen molar-refractivity contribution in [2.75, 3.05) is 12.4 Å². The minimum Gasteiger partial charge on any atom is -0.481 e. The molecule has 3 rings (SSSR count). The maximum atomic E-state index is 12.3. The molecule has 0 saturated carbocycles. The standard InChI is InChI=1S/C18H17BrN2O4/c1-24-18-12(7-13(19)10-20-18)9-17(23)25-14-5-6-15-11(8-14)3-2-4-16(22)21-15/h5-8,10H,2-4,9H2,1H3,(H,21,22). The average molecular weight is 405 g/mol. The van der Waals surface area contributed by atoms with Crippen LogP contribution < -0.4 is 14.8 Å². The molecule has 0 spiro atoms. The third-order valence-electron chi connectivity index (χ3n) is 3.85. The first kappa shape index (κ1) is 17.4. The number of rotatable bonds is 4. The summed E-state index contributed by atoms with van der Waals surface area (Å²) in [5, 5.41) is 2.85. The maximum Gasteiger partial charge on any atom is 0.315 e. The van der Waals surface area contributed by atoms with Gasteiger partial charge >= 0.3 is 5.97 Å². The summed E-state index contributed by atoms with van der Waals surface area (Å²) in [5.74, 6) is 0.458. The molecule has 0 fully saturated rings. The van der Waals surface area contributed by atoms with Crippen molar-refractivity contribution >= 4 is 33.5 Å². The molecule has 1 amide bonds. The van der Waals surface area contributed by atoms with Gasteiger partial charge in [-0.3, -0.25) is 9.59 Å². The number of fused-ring (bicyclic) bond motifs is 1. The molecule has 0 saturated heterocycles. The number of hydrogen-bond donors (Lipinski definition) is 1. The lowest BCUT2D eigenvalue weighted by atomic mass is 10.1. The Hall–Kier alpha value is -2.41. The first-order chi connectivity index (χ1) is 12.0. The molecule has 2 aromatic rings. The monoisotopic (exact) mass is 404 g/mol. The van der Waals surface area contributed by atoms with E-state index in [0.29, 0.717) is 23.6 Å². The Balaban J connectivity index is 1.72. The van der Waals surface area contributed by atoms with Crippen molar-refractivity contribution in [2.45, 2.75) is 25.7 Å². The number of halogens is 1. The average Bonchev–Trinajstić information content (AvgIpc) is 2.75. The molecule has 0 radical (unpaired) electrons. The summed E-state index contributed by atoms with van der Waals surface area (Å²) < 4.78 is 11.4. The molecule has 0 bridgehead atoms. The van der Waals surface area contributed by atoms with Gasteiger partial charge in [-0.2, -0.15) is 0 Å². The highest BCUT2D eigenvalue weighted by Crippen LogP contribution is 2.27. The van der Waals surface area contributed by atoms with Crippen molar-refractivity contribution < 1.29 is 19.1 Å². The van der Waals surface area contributed by atoms with E-state index in [2.05, 4.69) is 26.2 Å². The fourth-order valence-electron chi connectivity index (χ4n) is 2.72. The van der Waals surface area contributed by atoms with Crippen molar-refractivity contribution in [3.63, 3.8) is 0 Å². The normalized spacial score (nSPS) is 13.4. The number of methoxy groups -OCH3 is 1. The van der Waals surface area contributed by atoms with Gasteiger partial charge in [-0.1, -0.05) is 0 Å². The molecule has 0 unspecified atom stereocenters. The molecule has 25 heavy (non-hydrogen) atoms. The van der Waals surface area contributed by atoms with Crippen LogP contribution in [-0.2, 0) is 22.4 Å². The molecule has 1 aromatic carbocycles. The quantitative estimate of drug-likeness (QED) is 0.624. The molecule has 130 valence electrons. The van der Waals surface area contributed by atoms with Crippen molar-refractivity contribution in [1.29, 1.82) is 0 Å². The second kappa shape index (κ2) is 7.65. The maximum absolute atomic E-state index is 12.3. The highest BCUT2D eigenvalue weighted by atomic mass is 79.9. The van der Waals surface area contributed by atoms with E-state index in [1.54, 1.807) is 30.5 Å². The summed E-state index contributed by atoms with van der Waals surface area (Å²) in [5.41, 5.74) is 2.39. The Bertz CT molecular complexity index is 823. The molecular weight excluding hydrogens is 388 g/mol. The van der Waals surface area contributed by atoms with Gasteiger partial charge in [-0.05, 0) is 58.6 Å². The van der Waals surface area contributed by atoms with E-state index in [1.165, 1.54) is 7.11 Å². The van der Waals surface area contributed by atoms with Crippen LogP contribution in [0, 0.1) is 0 Å². The number of esters is 1. The Morgan fingerprint density at radius 2 is 2.16 bits per heavy atom. The second-order valence-corrected chi connectivity index (χ2v) is 6.61. The smallest absolute Gasteiger partial charge is 0.315 e. The summed E-state index contributed by atoms with van der Waals surface area (Å²) in [7, 11) is 1.51. The van der Waals surface area contributed by atoms with E-state index in [1.807, 2.05) is 0 Å². The molecular formula is C18H17BrN2O4. The Morgan fingerprint density at radius 1 is 1.32 bits per heavy atom. The number of nitrogens with one attached hydrogen (secondary N) is 1. The number of nitrogens with zero attached hydrogens (tertiary/aromatic N) is 1. The van der Waals surface area contributed by atoms with Gasteiger partial charge in [0.05, 0.1) is 13.5 Å². The zero-order chi connectivity index (χ0) is 17.8. The Kier molecular flexibility index (Phi) is 5.33. The van der Waals surface area contributed by atoms with Crippen LogP contribution in [0.25, 0.3) is 0 Å². The SMILES string of the molecule is COc1ncc(Br)cc1CC(=O)Oc1ccc2c(c1)CCCC(=O)N2. The number of aromatic nitrogens is 1. The zero-order valence-corrected chi connectivity index (χ0v) is 15.3. The van der Waals surface area contributed by atoms with E-state index >= 15 is 0 Å². The van der Waals surface area contributed by atoms with Crippen LogP contribution in [0.4, 0.5) is 5.69 Å². The lowest BCUT2D eigenvalue weighted by Gasteiger charge is -2.11. The number of amides is 1. The summed E-state index contributed by atoms with van der Waals surface area (Å²) in [6.45, 7) is 0. The predicted molar refractivity (Wildman–Crippen MR) is 95.8 cm³/mol. The second-order valence-electron chi connectivity index (χ2n) is 5.69. The Morgan fingerprint density at radius 3 is 2.96 bits per heavy atom. The van der Waals surface area contributed by atoms with Crippen LogP contribution in [0.5, 0.6) is 11.6 Å². The topological polar surface area (TPSA) is 77.5 Å². The molecule has 6 nitrogen and oxygen atoms in total. The third-order valence-corrected chi connectivity index (χ3v) is 4.29. The predicted octanol–water partition coefficient (Wildman–Crippen LogP) is 3.28. The van der Waals surface area contributed by atoms with Crippen molar-refractivity contribution in [3.8, 4) is 11.6 Å². The van der Waals surface area contributed by atoms with Crippen LogP contribution in [0.1, 0.15) is 24.0 Å². The Labute approximate surface area is 153 Å². The van der Waals surface area contributed by atoms with Gasteiger partial charge < -0.3 is 14.8 Å². The van der Waals surface area contributed by atoms with Gasteiger partial charge in [-0.15, -0.1) is 0 Å². The van der Waals surface area contributed by atoms with Gasteiger partial charge in [-0.25, -0.2) is 4.98 Å². The fourth-order valence-corrected chi connectivity index (χ4v) is 3.10. The van der Waals surface area contributed by atoms with Crippen LogP contribution >= 0.6 is 15.9 Å². The number of carbonyl (C=O) groups is 2. The molecule has 2 heterocycles. The largest absolute Gasteiger partial charge is 0.481 e. The first-order valence-electron chi connectivity index (χ1n) is 7.87. The minimum absolute atomic E-state index is 0.0118. The van der Waals surface area contributed by atoms with Crippen LogP contribution in [0.15, 0.2) is 34.9 Å². The van der Waals surface area contributed by atoms with Crippen LogP contribution in [0.3, 0.4) is 0 Å². The molecule has 1 N–H and O–H groups in total. The zero-order valence-electron chi connectivity index (χ0n) is 13.7. The first-order valence-corrected chi connectivity index (χ1v) is 8.66. The van der Waals surface area contributed by atoms with Crippen molar-refractivity contribution in [3.05, 3.63) is 46.1 Å². The number of ether oxygens (including phenoxy) is 2. The highest BCUT2D eigenvalue weighted by molar-refractivity contribution is 9.10. The molecule has 1 aliphatic rings. The lowest BCUT2D eigenvalue weighted by Crippen LogP contribution is -2.13. The van der Waals surface area contributed by atoms with Gasteiger partial charge in [0.15, 0.2) is 0 Å². The summed E-state index contributed by atoms with van der Waals surface area (Å²) in [6.07, 6.45) is 3.69. The van der Waals surface area contributed by atoms with Gasteiger partial charge in [0.25, 0.3) is 0 Å². The minimum atomic E-state index is -0.407. The molecule has 1 aliphatic heterocycles. The molecule has 7 heteroatoms.